The molecule has 0 fully saturated rings. The molecule has 1 aliphatic carbocycles. The monoisotopic (exact) mass is 504 g/mol. The zero-order chi connectivity index (χ0) is 26.5. The quantitative estimate of drug-likeness (QED) is 0.146. The van der Waals surface area contributed by atoms with E-state index in [4.69, 9.17) is 0 Å². The molecule has 0 N–H and O–H groups in total. The Bertz CT molecular complexity index is 1520. The Morgan fingerprint density at radius 1 is 0.658 bits per heavy atom. The molecule has 0 atom stereocenters. The lowest BCUT2D eigenvalue weighted by Crippen LogP contribution is -1.89. The van der Waals surface area contributed by atoms with Gasteiger partial charge in [0.2, 0.25) is 0 Å². The molecule has 0 amide bonds. The highest BCUT2D eigenvalue weighted by Crippen LogP contribution is 2.37. The molecule has 192 valence electrons. The van der Waals surface area contributed by atoms with Crippen molar-refractivity contribution in [1.82, 2.24) is 0 Å². The first-order chi connectivity index (χ1) is 18.5. The van der Waals surface area contributed by atoms with Crippen molar-refractivity contribution < 1.29 is 8.78 Å². The van der Waals surface area contributed by atoms with Crippen molar-refractivity contribution in [3.63, 3.8) is 0 Å². The third kappa shape index (κ3) is 5.89. The van der Waals surface area contributed by atoms with Crippen LogP contribution in [0.4, 0.5) is 8.78 Å². The summed E-state index contributed by atoms with van der Waals surface area (Å²) >= 11 is 0. The minimum Gasteiger partial charge on any atom is -0.207 e. The summed E-state index contributed by atoms with van der Waals surface area (Å²) in [4.78, 5) is 0. The molecule has 0 saturated carbocycles. The van der Waals surface area contributed by atoms with Crippen molar-refractivity contribution in [1.29, 1.82) is 0 Å². The van der Waals surface area contributed by atoms with Gasteiger partial charge in [0.1, 0.15) is 11.6 Å². The van der Waals surface area contributed by atoms with Gasteiger partial charge in [-0.3, -0.25) is 0 Å². The topological polar surface area (TPSA) is 0 Å². The van der Waals surface area contributed by atoms with E-state index in [0.717, 1.165) is 18.4 Å². The standard InChI is InChI=1S/C36H34F2/c1-3-4-5-6-7-8-9-26-12-18-33-31(20-26)22-32-21-27(13-19-34(32)33)11-15-28-16-17-30(24-36(28)38)29-14-10-25(2)35(37)23-29/h10,12-14,16-21,23-24H,3-9,22H2,1-2H3. The van der Waals surface area contributed by atoms with Crippen LogP contribution < -0.4 is 0 Å². The van der Waals surface area contributed by atoms with E-state index in [-0.39, 0.29) is 5.82 Å². The third-order valence-electron chi connectivity index (χ3n) is 7.58. The lowest BCUT2D eigenvalue weighted by Gasteiger charge is -2.06. The van der Waals surface area contributed by atoms with Gasteiger partial charge in [-0.05, 0) is 101 Å². The molecular formula is C36H34F2. The van der Waals surface area contributed by atoms with E-state index in [1.54, 1.807) is 31.2 Å². The van der Waals surface area contributed by atoms with Crippen LogP contribution in [0.2, 0.25) is 0 Å². The van der Waals surface area contributed by atoms with Crippen LogP contribution >= 0.6 is 0 Å². The van der Waals surface area contributed by atoms with Crippen molar-refractivity contribution in [3.05, 3.63) is 118 Å². The maximum absolute atomic E-state index is 14.8. The van der Waals surface area contributed by atoms with Gasteiger partial charge in [0.25, 0.3) is 0 Å². The van der Waals surface area contributed by atoms with Crippen LogP contribution in [-0.2, 0) is 12.8 Å². The van der Waals surface area contributed by atoms with E-state index in [1.165, 1.54) is 78.5 Å². The number of hydrogen-bond donors (Lipinski definition) is 0. The van der Waals surface area contributed by atoms with Crippen LogP contribution in [-0.4, -0.2) is 0 Å². The van der Waals surface area contributed by atoms with Crippen molar-refractivity contribution in [2.75, 3.05) is 0 Å². The molecule has 4 aromatic carbocycles. The molecule has 1 aliphatic rings. The molecule has 4 aromatic rings. The summed E-state index contributed by atoms with van der Waals surface area (Å²) in [7, 11) is 0. The maximum Gasteiger partial charge on any atom is 0.139 e. The van der Waals surface area contributed by atoms with Crippen LogP contribution in [0.1, 0.15) is 78.8 Å². The lowest BCUT2D eigenvalue weighted by atomic mass is 9.99. The van der Waals surface area contributed by atoms with Gasteiger partial charge in [-0.2, -0.15) is 0 Å². The molecule has 0 unspecified atom stereocenters. The summed E-state index contributed by atoms with van der Waals surface area (Å²) in [6.07, 6.45) is 9.97. The minimum atomic E-state index is -0.401. The summed E-state index contributed by atoms with van der Waals surface area (Å²) in [5.74, 6) is 5.44. The Kier molecular flexibility index (Phi) is 8.04. The molecule has 0 heterocycles. The molecule has 0 radical (unpaired) electrons. The van der Waals surface area contributed by atoms with Crippen molar-refractivity contribution >= 4 is 0 Å². The molecule has 0 bridgehead atoms. The highest BCUT2D eigenvalue weighted by Gasteiger charge is 2.18. The molecule has 0 saturated heterocycles. The van der Waals surface area contributed by atoms with Gasteiger partial charge >= 0.3 is 0 Å². The van der Waals surface area contributed by atoms with E-state index in [9.17, 15) is 8.78 Å². The highest BCUT2D eigenvalue weighted by atomic mass is 19.1. The molecule has 0 spiro atoms. The number of aryl methyl sites for hydroxylation is 2. The molecule has 0 aliphatic heterocycles. The number of halogens is 2. The van der Waals surface area contributed by atoms with E-state index in [2.05, 4.69) is 49.1 Å². The van der Waals surface area contributed by atoms with E-state index < -0.39 is 5.82 Å². The van der Waals surface area contributed by atoms with Crippen LogP contribution in [0.25, 0.3) is 22.3 Å². The fourth-order valence-corrected chi connectivity index (χ4v) is 5.31. The predicted octanol–water partition coefficient (Wildman–Crippen LogP) is 9.81. The Hall–Kier alpha value is -3.70. The molecule has 0 aromatic heterocycles. The number of rotatable bonds is 8. The molecular weight excluding hydrogens is 470 g/mol. The van der Waals surface area contributed by atoms with Gasteiger partial charge in [0.05, 0.1) is 5.56 Å². The largest absolute Gasteiger partial charge is 0.207 e. The lowest BCUT2D eigenvalue weighted by molar-refractivity contribution is 0.607. The zero-order valence-electron chi connectivity index (χ0n) is 22.3. The van der Waals surface area contributed by atoms with Gasteiger partial charge in [0, 0.05) is 5.56 Å². The van der Waals surface area contributed by atoms with E-state index >= 15 is 0 Å². The molecule has 5 rings (SSSR count). The molecule has 2 heteroatoms. The van der Waals surface area contributed by atoms with E-state index in [0.29, 0.717) is 22.3 Å². The number of fused-ring (bicyclic) bond motifs is 3. The Morgan fingerprint density at radius 2 is 1.34 bits per heavy atom. The third-order valence-corrected chi connectivity index (χ3v) is 7.58. The minimum absolute atomic E-state index is 0.292. The van der Waals surface area contributed by atoms with Crippen LogP contribution in [0.5, 0.6) is 0 Å². The first-order valence-electron chi connectivity index (χ1n) is 13.8. The Morgan fingerprint density at radius 3 is 2.11 bits per heavy atom. The fraction of sp³-hybridized carbons (Fsp3) is 0.278. The van der Waals surface area contributed by atoms with Crippen LogP contribution in [0, 0.1) is 30.4 Å². The average Bonchev–Trinajstić information content (AvgIpc) is 3.28. The van der Waals surface area contributed by atoms with Gasteiger partial charge in [0.15, 0.2) is 0 Å². The fourth-order valence-electron chi connectivity index (χ4n) is 5.31. The summed E-state index contributed by atoms with van der Waals surface area (Å²) in [5, 5.41) is 0. The normalized spacial score (nSPS) is 11.6. The summed E-state index contributed by atoms with van der Waals surface area (Å²) in [6, 6.07) is 23.1. The van der Waals surface area contributed by atoms with Crippen molar-refractivity contribution in [2.24, 2.45) is 0 Å². The second-order valence-electron chi connectivity index (χ2n) is 10.5. The van der Waals surface area contributed by atoms with Gasteiger partial charge < -0.3 is 0 Å². The summed E-state index contributed by atoms with van der Waals surface area (Å²) < 4.78 is 28.8. The van der Waals surface area contributed by atoms with Crippen molar-refractivity contribution in [2.45, 2.75) is 65.2 Å². The maximum atomic E-state index is 14.8. The van der Waals surface area contributed by atoms with Gasteiger partial charge in [-0.15, -0.1) is 0 Å². The van der Waals surface area contributed by atoms with Gasteiger partial charge in [-0.1, -0.05) is 93.3 Å². The SMILES string of the molecule is CCCCCCCCc1ccc2c(c1)Cc1cc(C#Cc3ccc(-c4ccc(C)c(F)c4)cc3F)ccc1-2. The van der Waals surface area contributed by atoms with Crippen LogP contribution in [0.15, 0.2) is 72.8 Å². The smallest absolute Gasteiger partial charge is 0.139 e. The first-order valence-corrected chi connectivity index (χ1v) is 13.8. The summed E-state index contributed by atoms with van der Waals surface area (Å²) in [5.41, 5.74) is 9.78. The highest BCUT2D eigenvalue weighted by molar-refractivity contribution is 5.78. The number of benzene rings is 4. The zero-order valence-corrected chi connectivity index (χ0v) is 22.3. The van der Waals surface area contributed by atoms with Crippen LogP contribution in [0.3, 0.4) is 0 Å². The second-order valence-corrected chi connectivity index (χ2v) is 10.5. The first kappa shape index (κ1) is 25.9. The molecule has 0 nitrogen and oxygen atoms in total. The second kappa shape index (κ2) is 11.8. The van der Waals surface area contributed by atoms with Gasteiger partial charge in [-0.25, -0.2) is 8.78 Å². The number of hydrogen-bond acceptors (Lipinski definition) is 0. The number of unbranched alkanes of at least 4 members (excludes halogenated alkanes) is 5. The Balaban J connectivity index is 1.26. The van der Waals surface area contributed by atoms with Crippen molar-refractivity contribution in [3.8, 4) is 34.1 Å². The average molecular weight is 505 g/mol. The molecule has 38 heavy (non-hydrogen) atoms. The Labute approximate surface area is 225 Å². The van der Waals surface area contributed by atoms with E-state index in [1.807, 2.05) is 6.07 Å². The predicted molar refractivity (Wildman–Crippen MR) is 154 cm³/mol. The summed E-state index contributed by atoms with van der Waals surface area (Å²) in [6.45, 7) is 3.97.